The van der Waals surface area contributed by atoms with Crippen LogP contribution < -0.4 is 0 Å². The zero-order chi connectivity index (χ0) is 21.3. The van der Waals surface area contributed by atoms with Crippen LogP contribution in [0.15, 0.2) is 36.4 Å². The molecule has 3 N–H and O–H groups in total. The van der Waals surface area contributed by atoms with Crippen molar-refractivity contribution < 1.29 is 15.3 Å². The fourth-order valence-electron chi connectivity index (χ4n) is 3.82. The lowest BCUT2D eigenvalue weighted by Gasteiger charge is -2.16. The van der Waals surface area contributed by atoms with E-state index in [0.29, 0.717) is 30.1 Å². The first kappa shape index (κ1) is 20.8. The summed E-state index contributed by atoms with van der Waals surface area (Å²) < 4.78 is 0. The van der Waals surface area contributed by atoms with E-state index < -0.39 is 0 Å². The van der Waals surface area contributed by atoms with Crippen molar-refractivity contribution in [2.45, 2.75) is 53.9 Å². The third kappa shape index (κ3) is 4.40. The molecule has 0 aliphatic heterocycles. The molecule has 0 saturated heterocycles. The van der Waals surface area contributed by atoms with Gasteiger partial charge in [-0.2, -0.15) is 0 Å². The minimum atomic E-state index is 0.302. The number of phenols is 3. The number of rotatable bonds is 5. The second-order valence-corrected chi connectivity index (χ2v) is 8.10. The maximum atomic E-state index is 11.1. The molecule has 0 aliphatic rings. The van der Waals surface area contributed by atoms with Crippen LogP contribution in [0.4, 0.5) is 0 Å². The van der Waals surface area contributed by atoms with E-state index in [1.807, 2.05) is 39.8 Å². The molecule has 3 rings (SSSR count). The Morgan fingerprint density at radius 2 is 0.966 bits per heavy atom. The van der Waals surface area contributed by atoms with Gasteiger partial charge < -0.3 is 15.3 Å². The van der Waals surface area contributed by atoms with Gasteiger partial charge in [0.15, 0.2) is 0 Å². The Labute approximate surface area is 173 Å². The van der Waals surface area contributed by atoms with Crippen LogP contribution in [0.3, 0.4) is 0 Å². The second kappa shape index (κ2) is 8.20. The summed E-state index contributed by atoms with van der Waals surface area (Å²) in [5.74, 6) is 0.936. The third-order valence-electron chi connectivity index (χ3n) is 5.81. The maximum absolute atomic E-state index is 11.1. The second-order valence-electron chi connectivity index (χ2n) is 8.10. The van der Waals surface area contributed by atoms with Gasteiger partial charge in [0.1, 0.15) is 17.2 Å². The Kier molecular flexibility index (Phi) is 5.88. The molecule has 0 spiro atoms. The standard InChI is InChI=1S/C26H30O3/c1-6-19-11-22(13-20-7-17(4)24(27)9-15(20)2)26(29)23(12-19)14-21-8-18(5)25(28)10-16(21)3/h7-12,27-29H,6,13-14H2,1-5H3. The minimum absolute atomic E-state index is 0.302. The minimum Gasteiger partial charge on any atom is -0.508 e. The van der Waals surface area contributed by atoms with Gasteiger partial charge in [0.05, 0.1) is 0 Å². The van der Waals surface area contributed by atoms with Crippen molar-refractivity contribution in [3.05, 3.63) is 86.5 Å². The molecular weight excluding hydrogens is 360 g/mol. The summed E-state index contributed by atoms with van der Waals surface area (Å²) in [6.07, 6.45) is 2.13. The normalized spacial score (nSPS) is 11.1. The van der Waals surface area contributed by atoms with Crippen LogP contribution >= 0.6 is 0 Å². The molecule has 0 aromatic heterocycles. The molecule has 0 aliphatic carbocycles. The van der Waals surface area contributed by atoms with Crippen molar-refractivity contribution in [3.8, 4) is 17.2 Å². The average Bonchev–Trinajstić information content (AvgIpc) is 2.66. The quantitative estimate of drug-likeness (QED) is 0.517. The lowest BCUT2D eigenvalue weighted by atomic mass is 9.91. The van der Waals surface area contributed by atoms with E-state index in [0.717, 1.165) is 50.9 Å². The van der Waals surface area contributed by atoms with Crippen molar-refractivity contribution in [1.29, 1.82) is 0 Å². The van der Waals surface area contributed by atoms with Gasteiger partial charge >= 0.3 is 0 Å². The number of hydrogen-bond acceptors (Lipinski definition) is 3. The molecule has 29 heavy (non-hydrogen) atoms. The van der Waals surface area contributed by atoms with Crippen LogP contribution in [-0.4, -0.2) is 15.3 Å². The fraction of sp³-hybridized carbons (Fsp3) is 0.308. The van der Waals surface area contributed by atoms with Crippen molar-refractivity contribution in [2.75, 3.05) is 0 Å². The van der Waals surface area contributed by atoms with Crippen LogP contribution in [0.2, 0.25) is 0 Å². The molecule has 3 heteroatoms. The molecule has 3 aromatic carbocycles. The van der Waals surface area contributed by atoms with E-state index in [4.69, 9.17) is 0 Å². The van der Waals surface area contributed by atoms with Gasteiger partial charge in [-0.05, 0) is 96.3 Å². The molecule has 0 saturated carbocycles. The van der Waals surface area contributed by atoms with Gasteiger partial charge in [-0.25, -0.2) is 0 Å². The summed E-state index contributed by atoms with van der Waals surface area (Å²) in [6.45, 7) is 9.87. The Morgan fingerprint density at radius 3 is 1.34 bits per heavy atom. The molecule has 152 valence electrons. The smallest absolute Gasteiger partial charge is 0.122 e. The first-order chi connectivity index (χ1) is 13.7. The molecule has 3 aromatic rings. The summed E-state index contributed by atoms with van der Waals surface area (Å²) in [5, 5.41) is 30.9. The fourth-order valence-corrected chi connectivity index (χ4v) is 3.82. The predicted molar refractivity (Wildman–Crippen MR) is 118 cm³/mol. The van der Waals surface area contributed by atoms with Crippen molar-refractivity contribution in [2.24, 2.45) is 0 Å². The zero-order valence-corrected chi connectivity index (χ0v) is 17.9. The number of hydrogen-bond donors (Lipinski definition) is 3. The maximum Gasteiger partial charge on any atom is 0.122 e. The van der Waals surface area contributed by atoms with E-state index in [-0.39, 0.29) is 0 Å². The molecule has 0 atom stereocenters. The molecule has 0 amide bonds. The summed E-state index contributed by atoms with van der Waals surface area (Å²) in [6, 6.07) is 11.7. The summed E-state index contributed by atoms with van der Waals surface area (Å²) in [4.78, 5) is 0. The number of aromatic hydroxyl groups is 3. The molecule has 0 radical (unpaired) electrons. The van der Waals surface area contributed by atoms with E-state index in [1.54, 1.807) is 12.1 Å². The monoisotopic (exact) mass is 390 g/mol. The zero-order valence-electron chi connectivity index (χ0n) is 17.9. The molecule has 0 unspecified atom stereocenters. The van der Waals surface area contributed by atoms with Gasteiger partial charge in [-0.1, -0.05) is 31.2 Å². The van der Waals surface area contributed by atoms with Gasteiger partial charge in [0.25, 0.3) is 0 Å². The first-order valence-electron chi connectivity index (χ1n) is 10.1. The summed E-state index contributed by atoms with van der Waals surface area (Å²) >= 11 is 0. The molecule has 0 heterocycles. The van der Waals surface area contributed by atoms with Crippen molar-refractivity contribution >= 4 is 0 Å². The van der Waals surface area contributed by atoms with Crippen molar-refractivity contribution in [3.63, 3.8) is 0 Å². The predicted octanol–water partition coefficient (Wildman–Crippen LogP) is 5.78. The van der Waals surface area contributed by atoms with Gasteiger partial charge in [0, 0.05) is 12.8 Å². The molecule has 3 nitrogen and oxygen atoms in total. The highest BCUT2D eigenvalue weighted by atomic mass is 16.3. The number of benzene rings is 3. The highest BCUT2D eigenvalue weighted by Crippen LogP contribution is 2.33. The van der Waals surface area contributed by atoms with Crippen LogP contribution in [0.5, 0.6) is 17.2 Å². The Hall–Kier alpha value is -2.94. The van der Waals surface area contributed by atoms with Gasteiger partial charge in [-0.3, -0.25) is 0 Å². The topological polar surface area (TPSA) is 60.7 Å². The van der Waals surface area contributed by atoms with Gasteiger partial charge in [-0.15, -0.1) is 0 Å². The molecule has 0 fully saturated rings. The lowest BCUT2D eigenvalue weighted by Crippen LogP contribution is -2.00. The Morgan fingerprint density at radius 1 is 0.552 bits per heavy atom. The largest absolute Gasteiger partial charge is 0.508 e. The lowest BCUT2D eigenvalue weighted by molar-refractivity contribution is 0.463. The van der Waals surface area contributed by atoms with Crippen LogP contribution in [0.1, 0.15) is 57.0 Å². The van der Waals surface area contributed by atoms with Crippen LogP contribution in [0.25, 0.3) is 0 Å². The summed E-state index contributed by atoms with van der Waals surface area (Å²) in [7, 11) is 0. The average molecular weight is 391 g/mol. The SMILES string of the molecule is CCc1cc(Cc2cc(C)c(O)cc2C)c(O)c(Cc2cc(C)c(O)cc2C)c1. The van der Waals surface area contributed by atoms with Gasteiger partial charge in [0.2, 0.25) is 0 Å². The highest BCUT2D eigenvalue weighted by Gasteiger charge is 2.14. The van der Waals surface area contributed by atoms with E-state index in [9.17, 15) is 15.3 Å². The Balaban J connectivity index is 2.03. The van der Waals surface area contributed by atoms with E-state index in [2.05, 4.69) is 19.1 Å². The van der Waals surface area contributed by atoms with Crippen LogP contribution in [0, 0.1) is 27.7 Å². The highest BCUT2D eigenvalue weighted by molar-refractivity contribution is 5.51. The van der Waals surface area contributed by atoms with Crippen LogP contribution in [-0.2, 0) is 19.3 Å². The third-order valence-corrected chi connectivity index (χ3v) is 5.81. The number of phenolic OH excluding ortho intramolecular Hbond substituents is 3. The molecular formula is C26H30O3. The molecule has 0 bridgehead atoms. The number of aryl methyl sites for hydroxylation is 5. The first-order valence-corrected chi connectivity index (χ1v) is 10.1. The Bertz CT molecular complexity index is 984. The van der Waals surface area contributed by atoms with Crippen molar-refractivity contribution in [1.82, 2.24) is 0 Å². The van der Waals surface area contributed by atoms with E-state index >= 15 is 0 Å². The van der Waals surface area contributed by atoms with E-state index in [1.165, 1.54) is 5.56 Å². The summed E-state index contributed by atoms with van der Waals surface area (Å²) in [5.41, 5.74) is 8.91.